The zero-order valence-corrected chi connectivity index (χ0v) is 13.1. The minimum Gasteiger partial charge on any atom is -0.495 e. The second-order valence-corrected chi connectivity index (χ2v) is 5.93. The van der Waals surface area contributed by atoms with Gasteiger partial charge in [0, 0.05) is 12.6 Å². The number of nitrogens with one attached hydrogen (secondary N) is 2. The van der Waals surface area contributed by atoms with Crippen molar-refractivity contribution in [1.29, 1.82) is 0 Å². The van der Waals surface area contributed by atoms with Crippen molar-refractivity contribution >= 4 is 23.2 Å². The smallest absolute Gasteiger partial charge is 0.241 e. The number of hydrogen-bond donors (Lipinski definition) is 3. The molecule has 6 nitrogen and oxygen atoms in total. The molecule has 0 fully saturated rings. The highest BCUT2D eigenvalue weighted by molar-refractivity contribution is 5.97. The van der Waals surface area contributed by atoms with Gasteiger partial charge in [-0.3, -0.25) is 9.59 Å². The Kier molecular flexibility index (Phi) is 5.32. The molecule has 0 aliphatic rings. The molecule has 0 unspecified atom stereocenters. The van der Waals surface area contributed by atoms with Crippen molar-refractivity contribution in [3.63, 3.8) is 0 Å². The Balaban J connectivity index is 3.00. The van der Waals surface area contributed by atoms with Crippen LogP contribution in [0.1, 0.15) is 27.7 Å². The first kappa shape index (κ1) is 17.0. The van der Waals surface area contributed by atoms with Gasteiger partial charge in [0.15, 0.2) is 0 Å². The summed E-state index contributed by atoms with van der Waals surface area (Å²) in [6.45, 7) is 7.09. The van der Waals surface area contributed by atoms with Crippen LogP contribution in [0.4, 0.5) is 11.4 Å². The summed E-state index contributed by atoms with van der Waals surface area (Å²) in [5.74, 6) is 0.00294. The van der Waals surface area contributed by atoms with Gasteiger partial charge in [-0.15, -0.1) is 0 Å². The van der Waals surface area contributed by atoms with E-state index in [1.165, 1.54) is 14.0 Å². The summed E-state index contributed by atoms with van der Waals surface area (Å²) in [7, 11) is 1.51. The van der Waals surface area contributed by atoms with E-state index in [2.05, 4.69) is 10.6 Å². The summed E-state index contributed by atoms with van der Waals surface area (Å²) in [4.78, 5) is 23.3. The molecule has 1 aromatic rings. The zero-order valence-electron chi connectivity index (χ0n) is 13.1. The number of methoxy groups -OCH3 is 1. The highest BCUT2D eigenvalue weighted by atomic mass is 16.5. The van der Waals surface area contributed by atoms with Crippen molar-refractivity contribution in [3.05, 3.63) is 18.2 Å². The van der Waals surface area contributed by atoms with E-state index in [4.69, 9.17) is 10.5 Å². The normalized spacial score (nSPS) is 12.5. The van der Waals surface area contributed by atoms with Crippen molar-refractivity contribution in [2.75, 3.05) is 17.7 Å². The van der Waals surface area contributed by atoms with E-state index < -0.39 is 6.04 Å². The van der Waals surface area contributed by atoms with Crippen LogP contribution in [0.3, 0.4) is 0 Å². The van der Waals surface area contributed by atoms with Gasteiger partial charge in [-0.05, 0) is 23.6 Å². The van der Waals surface area contributed by atoms with Gasteiger partial charge < -0.3 is 21.1 Å². The number of amides is 2. The summed E-state index contributed by atoms with van der Waals surface area (Å²) in [5, 5.41) is 5.39. The number of ether oxygens (including phenoxy) is 1. The Hall–Kier alpha value is -2.08. The first-order valence-electron chi connectivity index (χ1n) is 6.67. The quantitative estimate of drug-likeness (QED) is 0.791. The Morgan fingerprint density at radius 2 is 1.86 bits per heavy atom. The zero-order chi connectivity index (χ0) is 16.2. The number of carbonyl (C=O) groups excluding carboxylic acids is 2. The van der Waals surface area contributed by atoms with Crippen molar-refractivity contribution < 1.29 is 14.3 Å². The van der Waals surface area contributed by atoms with Gasteiger partial charge in [0.05, 0.1) is 18.8 Å². The molecule has 116 valence electrons. The Bertz CT molecular complexity index is 535. The van der Waals surface area contributed by atoms with Crippen LogP contribution in [0.25, 0.3) is 0 Å². The molecule has 4 N–H and O–H groups in total. The first-order valence-corrected chi connectivity index (χ1v) is 6.67. The fourth-order valence-electron chi connectivity index (χ4n) is 1.69. The van der Waals surface area contributed by atoms with E-state index in [1.807, 2.05) is 20.8 Å². The lowest BCUT2D eigenvalue weighted by Gasteiger charge is -2.26. The van der Waals surface area contributed by atoms with Gasteiger partial charge in [0.25, 0.3) is 0 Å². The Labute approximate surface area is 125 Å². The second-order valence-electron chi connectivity index (χ2n) is 5.93. The molecule has 0 saturated carbocycles. The third kappa shape index (κ3) is 4.75. The van der Waals surface area contributed by atoms with E-state index >= 15 is 0 Å². The Morgan fingerprint density at radius 1 is 1.24 bits per heavy atom. The second kappa shape index (κ2) is 6.58. The number of anilines is 2. The van der Waals surface area contributed by atoms with Crippen LogP contribution in [-0.2, 0) is 9.59 Å². The van der Waals surface area contributed by atoms with Crippen LogP contribution in [0.5, 0.6) is 5.75 Å². The van der Waals surface area contributed by atoms with Crippen LogP contribution in [0.15, 0.2) is 18.2 Å². The third-order valence-electron chi connectivity index (χ3n) is 2.99. The van der Waals surface area contributed by atoms with Gasteiger partial charge in [-0.2, -0.15) is 0 Å². The van der Waals surface area contributed by atoms with Gasteiger partial charge in [0.1, 0.15) is 5.75 Å². The fraction of sp³-hybridized carbons (Fsp3) is 0.467. The van der Waals surface area contributed by atoms with Crippen LogP contribution in [0.2, 0.25) is 0 Å². The fourth-order valence-corrected chi connectivity index (χ4v) is 1.69. The molecule has 0 heterocycles. The van der Waals surface area contributed by atoms with E-state index in [-0.39, 0.29) is 17.2 Å². The highest BCUT2D eigenvalue weighted by Crippen LogP contribution is 2.29. The summed E-state index contributed by atoms with van der Waals surface area (Å²) >= 11 is 0. The highest BCUT2D eigenvalue weighted by Gasteiger charge is 2.28. The maximum Gasteiger partial charge on any atom is 0.241 e. The van der Waals surface area contributed by atoms with Crippen molar-refractivity contribution in [3.8, 4) is 5.75 Å². The minimum absolute atomic E-state index is 0.191. The lowest BCUT2D eigenvalue weighted by molar-refractivity contribution is -0.119. The average molecular weight is 293 g/mol. The molecule has 0 radical (unpaired) electrons. The third-order valence-corrected chi connectivity index (χ3v) is 2.99. The van der Waals surface area contributed by atoms with Crippen LogP contribution >= 0.6 is 0 Å². The molecule has 1 rings (SSSR count). The van der Waals surface area contributed by atoms with Gasteiger partial charge in [-0.25, -0.2) is 0 Å². The predicted octanol–water partition coefficient (Wildman–Crippen LogP) is 1.97. The van der Waals surface area contributed by atoms with E-state index in [0.717, 1.165) is 0 Å². The van der Waals surface area contributed by atoms with Gasteiger partial charge >= 0.3 is 0 Å². The molecule has 0 aliphatic carbocycles. The monoisotopic (exact) mass is 293 g/mol. The van der Waals surface area contributed by atoms with Crippen LogP contribution in [-0.4, -0.2) is 25.0 Å². The number of carbonyl (C=O) groups is 2. The number of rotatable bonds is 4. The predicted molar refractivity (Wildman–Crippen MR) is 83.4 cm³/mol. The molecule has 0 aliphatic heterocycles. The maximum absolute atomic E-state index is 12.2. The number of nitrogens with two attached hydrogens (primary N) is 1. The van der Waals surface area contributed by atoms with E-state index in [1.54, 1.807) is 18.2 Å². The van der Waals surface area contributed by atoms with Crippen LogP contribution < -0.4 is 21.1 Å². The summed E-state index contributed by atoms with van der Waals surface area (Å²) in [5.41, 5.74) is 6.61. The lowest BCUT2D eigenvalue weighted by atomic mass is 9.87. The van der Waals surface area contributed by atoms with E-state index in [9.17, 15) is 9.59 Å². The van der Waals surface area contributed by atoms with Crippen molar-refractivity contribution in [1.82, 2.24) is 0 Å². The molecule has 0 spiro atoms. The summed E-state index contributed by atoms with van der Waals surface area (Å²) in [6, 6.07) is 4.34. The lowest BCUT2D eigenvalue weighted by Crippen LogP contribution is -2.45. The minimum atomic E-state index is -0.661. The molecule has 21 heavy (non-hydrogen) atoms. The number of hydrogen-bond acceptors (Lipinski definition) is 4. The molecule has 0 bridgehead atoms. The molecular weight excluding hydrogens is 270 g/mol. The standard InChI is InChI=1S/C15H23N3O3/c1-9(19)17-10-6-7-12(21-5)11(8-10)18-14(20)13(16)15(2,3)4/h6-8,13H,16H2,1-5H3,(H,17,19)(H,18,20)/t13-/m1/s1. The van der Waals surface area contributed by atoms with Gasteiger partial charge in [-0.1, -0.05) is 20.8 Å². The summed E-state index contributed by atoms with van der Waals surface area (Å²) in [6.07, 6.45) is 0. The van der Waals surface area contributed by atoms with Crippen molar-refractivity contribution in [2.45, 2.75) is 33.7 Å². The van der Waals surface area contributed by atoms with Crippen LogP contribution in [0, 0.1) is 5.41 Å². The number of benzene rings is 1. The molecule has 6 heteroatoms. The molecule has 1 aromatic carbocycles. The SMILES string of the molecule is COc1ccc(NC(C)=O)cc1NC(=O)[C@@H](N)C(C)(C)C. The molecule has 0 saturated heterocycles. The first-order chi connectivity index (χ1) is 9.65. The largest absolute Gasteiger partial charge is 0.495 e. The molecule has 1 atom stereocenters. The van der Waals surface area contributed by atoms with E-state index in [0.29, 0.717) is 17.1 Å². The van der Waals surface area contributed by atoms with Gasteiger partial charge in [0.2, 0.25) is 11.8 Å². The molecular formula is C15H23N3O3. The molecule has 2 amide bonds. The Morgan fingerprint density at radius 3 is 2.33 bits per heavy atom. The average Bonchev–Trinajstić information content (AvgIpc) is 2.36. The molecule has 0 aromatic heterocycles. The topological polar surface area (TPSA) is 93.5 Å². The maximum atomic E-state index is 12.2. The van der Waals surface area contributed by atoms with Crippen molar-refractivity contribution in [2.24, 2.45) is 11.1 Å². The summed E-state index contributed by atoms with van der Waals surface area (Å²) < 4.78 is 5.20.